The first-order valence-electron chi connectivity index (χ1n) is 7.18. The van der Waals surface area contributed by atoms with Crippen LogP contribution < -0.4 is 10.1 Å². The minimum absolute atomic E-state index is 0.512. The predicted octanol–water partition coefficient (Wildman–Crippen LogP) is 3.88. The van der Waals surface area contributed by atoms with E-state index in [0.29, 0.717) is 6.04 Å². The van der Waals surface area contributed by atoms with E-state index in [1.54, 1.807) is 7.11 Å². The van der Waals surface area contributed by atoms with E-state index in [1.165, 1.54) is 34.2 Å². The van der Waals surface area contributed by atoms with Crippen LogP contribution in [0.3, 0.4) is 0 Å². The number of rotatable bonds is 3. The summed E-state index contributed by atoms with van der Waals surface area (Å²) in [6.45, 7) is 2.12. The van der Waals surface area contributed by atoms with Crippen LogP contribution in [0, 0.1) is 6.92 Å². The highest BCUT2D eigenvalue weighted by atomic mass is 16.5. The molecule has 0 amide bonds. The Bertz CT molecular complexity index is 633. The number of ether oxygens (including phenoxy) is 1. The molecule has 1 aliphatic rings. The Labute approximate surface area is 120 Å². The highest BCUT2D eigenvalue weighted by Crippen LogP contribution is 2.37. The maximum absolute atomic E-state index is 5.50. The van der Waals surface area contributed by atoms with Crippen molar-refractivity contribution in [1.29, 1.82) is 0 Å². The molecule has 2 aromatic carbocycles. The Kier molecular flexibility index (Phi) is 3.49. The van der Waals surface area contributed by atoms with Crippen molar-refractivity contribution in [2.24, 2.45) is 0 Å². The van der Waals surface area contributed by atoms with E-state index in [4.69, 9.17) is 4.74 Å². The van der Waals surface area contributed by atoms with Gasteiger partial charge in [0.05, 0.1) is 7.11 Å². The first-order chi connectivity index (χ1) is 9.72. The highest BCUT2D eigenvalue weighted by Gasteiger charge is 2.21. The summed E-state index contributed by atoms with van der Waals surface area (Å²) in [4.78, 5) is 0. The Morgan fingerprint density at radius 3 is 2.75 bits per heavy atom. The monoisotopic (exact) mass is 267 g/mol. The highest BCUT2D eigenvalue weighted by molar-refractivity contribution is 5.72. The molecule has 1 unspecified atom stereocenters. The fourth-order valence-corrected chi connectivity index (χ4v) is 3.13. The Hall–Kier alpha value is -1.80. The maximum Gasteiger partial charge on any atom is 0.126 e. The summed E-state index contributed by atoms with van der Waals surface area (Å²) in [6, 6.07) is 13.7. The lowest BCUT2D eigenvalue weighted by Gasteiger charge is -2.13. The lowest BCUT2D eigenvalue weighted by atomic mass is 9.98. The normalized spacial score (nSPS) is 17.1. The summed E-state index contributed by atoms with van der Waals surface area (Å²) in [5.41, 5.74) is 6.60. The van der Waals surface area contributed by atoms with Gasteiger partial charge in [0.2, 0.25) is 0 Å². The first kappa shape index (κ1) is 13.2. The molecule has 0 aliphatic heterocycles. The molecule has 0 bridgehead atoms. The van der Waals surface area contributed by atoms with Gasteiger partial charge >= 0.3 is 0 Å². The van der Waals surface area contributed by atoms with Crippen molar-refractivity contribution in [1.82, 2.24) is 5.32 Å². The number of methoxy groups -OCH3 is 1. The molecule has 1 atom stereocenters. The molecule has 0 saturated heterocycles. The fourth-order valence-electron chi connectivity index (χ4n) is 3.13. The van der Waals surface area contributed by atoms with Crippen molar-refractivity contribution in [2.45, 2.75) is 25.8 Å². The zero-order valence-corrected chi connectivity index (χ0v) is 12.4. The van der Waals surface area contributed by atoms with Crippen molar-refractivity contribution in [3.05, 3.63) is 53.1 Å². The number of hydrogen-bond donors (Lipinski definition) is 1. The van der Waals surface area contributed by atoms with Gasteiger partial charge in [-0.15, -0.1) is 0 Å². The van der Waals surface area contributed by atoms with Crippen LogP contribution in [0.2, 0.25) is 0 Å². The van der Waals surface area contributed by atoms with Crippen LogP contribution in [0.4, 0.5) is 0 Å². The third-order valence-corrected chi connectivity index (χ3v) is 4.24. The summed E-state index contributed by atoms with van der Waals surface area (Å²) in [7, 11) is 3.77. The molecule has 1 aliphatic carbocycles. The number of hydrogen-bond acceptors (Lipinski definition) is 2. The summed E-state index contributed by atoms with van der Waals surface area (Å²) in [5.74, 6) is 0.943. The zero-order valence-electron chi connectivity index (χ0n) is 12.4. The Balaban J connectivity index is 2.06. The van der Waals surface area contributed by atoms with Gasteiger partial charge in [0.25, 0.3) is 0 Å². The van der Waals surface area contributed by atoms with Crippen molar-refractivity contribution in [3.63, 3.8) is 0 Å². The SMILES string of the molecule is CNC1CCc2cc(-c3cc(C)ccc3OC)ccc21. The minimum atomic E-state index is 0.512. The molecule has 0 aromatic heterocycles. The van der Waals surface area contributed by atoms with E-state index in [1.807, 2.05) is 13.1 Å². The number of benzene rings is 2. The lowest BCUT2D eigenvalue weighted by molar-refractivity contribution is 0.416. The second-order valence-electron chi connectivity index (χ2n) is 5.50. The van der Waals surface area contributed by atoms with Gasteiger partial charge in [-0.3, -0.25) is 0 Å². The van der Waals surface area contributed by atoms with Crippen LogP contribution >= 0.6 is 0 Å². The molecule has 2 aromatic rings. The molecular weight excluding hydrogens is 246 g/mol. The number of fused-ring (bicyclic) bond motifs is 1. The minimum Gasteiger partial charge on any atom is -0.496 e. The van der Waals surface area contributed by atoms with Gasteiger partial charge in [-0.2, -0.15) is 0 Å². The number of nitrogens with one attached hydrogen (secondary N) is 1. The topological polar surface area (TPSA) is 21.3 Å². The van der Waals surface area contributed by atoms with E-state index in [9.17, 15) is 0 Å². The molecule has 0 spiro atoms. The molecule has 20 heavy (non-hydrogen) atoms. The third kappa shape index (κ3) is 2.20. The average molecular weight is 267 g/mol. The van der Waals surface area contributed by atoms with Gasteiger partial charge in [-0.05, 0) is 55.6 Å². The van der Waals surface area contributed by atoms with Crippen molar-refractivity contribution in [3.8, 4) is 16.9 Å². The van der Waals surface area contributed by atoms with Gasteiger partial charge in [0, 0.05) is 11.6 Å². The second kappa shape index (κ2) is 5.29. The second-order valence-corrected chi connectivity index (χ2v) is 5.50. The molecule has 2 nitrogen and oxygen atoms in total. The maximum atomic E-state index is 5.50. The van der Waals surface area contributed by atoms with E-state index in [-0.39, 0.29) is 0 Å². The molecule has 0 fully saturated rings. The van der Waals surface area contributed by atoms with Crippen molar-refractivity contribution in [2.75, 3.05) is 14.2 Å². The summed E-state index contributed by atoms with van der Waals surface area (Å²) >= 11 is 0. The van der Waals surface area contributed by atoms with Crippen molar-refractivity contribution >= 4 is 0 Å². The Morgan fingerprint density at radius 1 is 1.15 bits per heavy atom. The Morgan fingerprint density at radius 2 is 2.00 bits per heavy atom. The van der Waals surface area contributed by atoms with Gasteiger partial charge in [0.15, 0.2) is 0 Å². The zero-order chi connectivity index (χ0) is 14.1. The van der Waals surface area contributed by atoms with Crippen LogP contribution in [0.5, 0.6) is 5.75 Å². The third-order valence-electron chi connectivity index (χ3n) is 4.24. The van der Waals surface area contributed by atoms with Crippen LogP contribution in [-0.2, 0) is 6.42 Å². The van der Waals surface area contributed by atoms with Crippen LogP contribution in [0.25, 0.3) is 11.1 Å². The summed E-state index contributed by atoms with van der Waals surface area (Å²) in [6.07, 6.45) is 2.35. The van der Waals surface area contributed by atoms with E-state index < -0.39 is 0 Å². The van der Waals surface area contributed by atoms with Crippen molar-refractivity contribution < 1.29 is 4.74 Å². The van der Waals surface area contributed by atoms with Gasteiger partial charge in [0.1, 0.15) is 5.75 Å². The van der Waals surface area contributed by atoms with E-state index in [2.05, 4.69) is 42.6 Å². The quantitative estimate of drug-likeness (QED) is 0.911. The van der Waals surface area contributed by atoms with Gasteiger partial charge in [-0.1, -0.05) is 29.8 Å². The molecular formula is C18H21NO. The van der Waals surface area contributed by atoms with Crippen LogP contribution in [0.1, 0.15) is 29.2 Å². The molecule has 1 N–H and O–H groups in total. The molecule has 0 heterocycles. The van der Waals surface area contributed by atoms with E-state index >= 15 is 0 Å². The smallest absolute Gasteiger partial charge is 0.126 e. The van der Waals surface area contributed by atoms with Crippen LogP contribution in [0.15, 0.2) is 36.4 Å². The molecule has 104 valence electrons. The standard InChI is InChI=1S/C18H21NO/c1-12-4-9-18(20-3)16(10-12)14-5-7-15-13(11-14)6-8-17(15)19-2/h4-5,7,9-11,17,19H,6,8H2,1-3H3. The first-order valence-corrected chi connectivity index (χ1v) is 7.18. The van der Waals surface area contributed by atoms with Gasteiger partial charge in [-0.25, -0.2) is 0 Å². The molecule has 3 rings (SSSR count). The largest absolute Gasteiger partial charge is 0.496 e. The number of aryl methyl sites for hydroxylation is 2. The summed E-state index contributed by atoms with van der Waals surface area (Å²) in [5, 5.41) is 3.39. The van der Waals surface area contributed by atoms with Gasteiger partial charge < -0.3 is 10.1 Å². The predicted molar refractivity (Wildman–Crippen MR) is 83.3 cm³/mol. The summed E-state index contributed by atoms with van der Waals surface area (Å²) < 4.78 is 5.50. The lowest BCUT2D eigenvalue weighted by Crippen LogP contribution is -2.12. The van der Waals surface area contributed by atoms with Crippen LogP contribution in [-0.4, -0.2) is 14.2 Å². The van der Waals surface area contributed by atoms with E-state index in [0.717, 1.165) is 12.2 Å². The average Bonchev–Trinajstić information content (AvgIpc) is 2.89. The fraction of sp³-hybridized carbons (Fsp3) is 0.333. The molecule has 0 radical (unpaired) electrons. The molecule has 0 saturated carbocycles. The molecule has 2 heteroatoms.